The Morgan fingerprint density at radius 2 is 1.92 bits per heavy atom. The second-order valence-electron chi connectivity index (χ2n) is 5.54. The smallest absolute Gasteiger partial charge is 0.232 e. The van der Waals surface area contributed by atoms with Gasteiger partial charge in [-0.25, -0.2) is 4.99 Å². The first kappa shape index (κ1) is 19.6. The van der Waals surface area contributed by atoms with Gasteiger partial charge in [0, 0.05) is 24.0 Å². The molecule has 0 unspecified atom stereocenters. The Morgan fingerprint density at radius 1 is 1.19 bits per heavy atom. The fourth-order valence-electron chi connectivity index (χ4n) is 2.12. The molecule has 0 amide bonds. The molecule has 0 aliphatic carbocycles. The number of aliphatic imine (C=N–C) groups is 1. The third-order valence-corrected chi connectivity index (χ3v) is 3.55. The van der Waals surface area contributed by atoms with Crippen molar-refractivity contribution in [2.24, 2.45) is 4.99 Å². The van der Waals surface area contributed by atoms with Gasteiger partial charge in [0.05, 0.1) is 0 Å². The highest BCUT2D eigenvalue weighted by atomic mass is 35.5. The summed E-state index contributed by atoms with van der Waals surface area (Å²) in [5.74, 6) is 1.57. The molecule has 1 aromatic carbocycles. The average molecular weight is 371 g/mol. The normalized spacial score (nSPS) is 12.0. The Bertz CT molecular complexity index is 786. The molecule has 0 bridgehead atoms. The molecule has 0 fully saturated rings. The van der Waals surface area contributed by atoms with Gasteiger partial charge in [0.15, 0.2) is 5.82 Å². The number of allylic oxidation sites excluding steroid dienone is 2. The van der Waals surface area contributed by atoms with Crippen LogP contribution in [0.2, 0.25) is 0 Å². The van der Waals surface area contributed by atoms with Crippen molar-refractivity contribution in [3.8, 4) is 11.4 Å². The highest BCUT2D eigenvalue weighted by Gasteiger charge is 2.08. The minimum Gasteiger partial charge on any atom is -0.354 e. The van der Waals surface area contributed by atoms with E-state index >= 15 is 0 Å². The van der Waals surface area contributed by atoms with E-state index in [9.17, 15) is 0 Å². The van der Waals surface area contributed by atoms with Gasteiger partial charge in [-0.05, 0) is 19.4 Å². The maximum atomic E-state index is 5.98. The first-order chi connectivity index (χ1) is 12.6. The van der Waals surface area contributed by atoms with E-state index in [0.29, 0.717) is 22.9 Å². The topological polar surface area (TPSA) is 75.1 Å². The van der Waals surface area contributed by atoms with Gasteiger partial charge in [-0.1, -0.05) is 61.9 Å². The zero-order valence-electron chi connectivity index (χ0n) is 15.0. The van der Waals surface area contributed by atoms with E-state index in [4.69, 9.17) is 11.6 Å². The maximum absolute atomic E-state index is 5.98. The third kappa shape index (κ3) is 6.29. The number of anilines is 2. The van der Waals surface area contributed by atoms with Gasteiger partial charge < -0.3 is 10.6 Å². The van der Waals surface area contributed by atoms with Crippen LogP contribution in [0.15, 0.2) is 59.9 Å². The molecule has 0 saturated carbocycles. The molecule has 0 saturated heterocycles. The van der Waals surface area contributed by atoms with Crippen molar-refractivity contribution < 1.29 is 0 Å². The molecular formula is C19H23ClN6. The number of nitrogens with zero attached hydrogens (tertiary/aromatic N) is 4. The summed E-state index contributed by atoms with van der Waals surface area (Å²) in [6.45, 7) is 8.33. The molecule has 26 heavy (non-hydrogen) atoms. The second-order valence-corrected chi connectivity index (χ2v) is 5.93. The lowest BCUT2D eigenvalue weighted by Gasteiger charge is -2.10. The molecule has 2 N–H and O–H groups in total. The lowest BCUT2D eigenvalue weighted by molar-refractivity contribution is 0.825. The van der Waals surface area contributed by atoms with Crippen LogP contribution < -0.4 is 10.6 Å². The van der Waals surface area contributed by atoms with Gasteiger partial charge in [0.1, 0.15) is 5.17 Å². The van der Waals surface area contributed by atoms with E-state index < -0.39 is 0 Å². The molecule has 0 radical (unpaired) electrons. The monoisotopic (exact) mass is 370 g/mol. The predicted molar refractivity (Wildman–Crippen MR) is 110 cm³/mol. The first-order valence-electron chi connectivity index (χ1n) is 8.47. The van der Waals surface area contributed by atoms with E-state index in [1.54, 1.807) is 6.08 Å². The fourth-order valence-corrected chi connectivity index (χ4v) is 2.35. The van der Waals surface area contributed by atoms with Crippen LogP contribution in [0.5, 0.6) is 0 Å². The lowest BCUT2D eigenvalue weighted by Crippen LogP contribution is -2.10. The zero-order valence-corrected chi connectivity index (χ0v) is 15.8. The minimum atomic E-state index is 0.323. The molecule has 2 aromatic rings. The van der Waals surface area contributed by atoms with Gasteiger partial charge in [-0.15, -0.1) is 0 Å². The maximum Gasteiger partial charge on any atom is 0.232 e. The number of aromatic nitrogens is 3. The van der Waals surface area contributed by atoms with Crippen LogP contribution in [0.3, 0.4) is 0 Å². The van der Waals surface area contributed by atoms with E-state index in [1.165, 1.54) is 6.20 Å². The number of benzene rings is 1. The number of rotatable bonds is 9. The van der Waals surface area contributed by atoms with Crippen LogP contribution in [0.25, 0.3) is 11.4 Å². The van der Waals surface area contributed by atoms with E-state index in [0.717, 1.165) is 30.6 Å². The molecule has 1 aromatic heterocycles. The summed E-state index contributed by atoms with van der Waals surface area (Å²) < 4.78 is 0. The highest BCUT2D eigenvalue weighted by molar-refractivity contribution is 6.68. The summed E-state index contributed by atoms with van der Waals surface area (Å²) in [4.78, 5) is 17.4. The molecule has 1 heterocycles. The Kier molecular flexibility index (Phi) is 7.76. The number of nitrogens with one attached hydrogen (secondary N) is 2. The molecule has 0 atom stereocenters. The number of halogens is 1. The number of hydrogen-bond donors (Lipinski definition) is 2. The number of unbranched alkanes of at least 4 members (excludes halogenated alkanes) is 1. The van der Waals surface area contributed by atoms with Crippen LogP contribution >= 0.6 is 11.6 Å². The van der Waals surface area contributed by atoms with Crippen molar-refractivity contribution in [3.05, 3.63) is 54.9 Å². The Labute approximate surface area is 159 Å². The molecule has 7 heteroatoms. The Balaban J connectivity index is 2.30. The molecule has 0 aliphatic heterocycles. The van der Waals surface area contributed by atoms with Gasteiger partial charge in [0.25, 0.3) is 0 Å². The van der Waals surface area contributed by atoms with Crippen molar-refractivity contribution in [3.63, 3.8) is 0 Å². The molecule has 6 nitrogen and oxygen atoms in total. The Hall–Kier alpha value is -2.73. The summed E-state index contributed by atoms with van der Waals surface area (Å²) in [5, 5.41) is 6.70. The van der Waals surface area contributed by atoms with Crippen molar-refractivity contribution in [2.75, 3.05) is 17.2 Å². The van der Waals surface area contributed by atoms with Gasteiger partial charge in [-0.2, -0.15) is 15.0 Å². The largest absolute Gasteiger partial charge is 0.354 e. The van der Waals surface area contributed by atoms with E-state index in [2.05, 4.69) is 44.1 Å². The van der Waals surface area contributed by atoms with Crippen LogP contribution in [-0.4, -0.2) is 26.7 Å². The highest BCUT2D eigenvalue weighted by Crippen LogP contribution is 2.18. The van der Waals surface area contributed by atoms with Gasteiger partial charge >= 0.3 is 0 Å². The summed E-state index contributed by atoms with van der Waals surface area (Å²) in [5.41, 5.74) is 1.68. The SMILES string of the molecule is C=C/N=C(Cl)\C=C(/C)Nc1nc(NCCCC)nc(-c2ccccc2)n1. The summed E-state index contributed by atoms with van der Waals surface area (Å²) in [6.07, 6.45) is 5.21. The first-order valence-corrected chi connectivity index (χ1v) is 8.85. The lowest BCUT2D eigenvalue weighted by atomic mass is 10.2. The predicted octanol–water partition coefficient (Wildman–Crippen LogP) is 4.85. The standard InChI is InChI=1S/C19H23ClN6/c1-4-6-12-22-18-24-17(15-10-8-7-9-11-15)25-19(26-18)23-14(3)13-16(20)21-5-2/h5,7-11,13H,2,4,6,12H2,1,3H3,(H2,22,23,24,25,26)/b14-13+,21-16+. The molecule has 136 valence electrons. The second kappa shape index (κ2) is 10.3. The zero-order chi connectivity index (χ0) is 18.8. The van der Waals surface area contributed by atoms with Crippen molar-refractivity contribution in [1.29, 1.82) is 0 Å². The van der Waals surface area contributed by atoms with Crippen molar-refractivity contribution >= 4 is 28.7 Å². The fraction of sp³-hybridized carbons (Fsp3) is 0.263. The van der Waals surface area contributed by atoms with Crippen LogP contribution in [0, 0.1) is 0 Å². The molecule has 0 spiro atoms. The van der Waals surface area contributed by atoms with Crippen LogP contribution in [0.1, 0.15) is 26.7 Å². The molecule has 0 aliphatic rings. The number of hydrogen-bond acceptors (Lipinski definition) is 6. The minimum absolute atomic E-state index is 0.323. The van der Waals surface area contributed by atoms with Crippen molar-refractivity contribution in [1.82, 2.24) is 15.0 Å². The molecule has 2 rings (SSSR count). The Morgan fingerprint density at radius 3 is 2.62 bits per heavy atom. The van der Waals surface area contributed by atoms with E-state index in [-0.39, 0.29) is 0 Å². The summed E-state index contributed by atoms with van der Waals surface area (Å²) >= 11 is 5.98. The summed E-state index contributed by atoms with van der Waals surface area (Å²) in [6, 6.07) is 9.79. The quantitative estimate of drug-likeness (QED) is 0.487. The van der Waals surface area contributed by atoms with Crippen LogP contribution in [0.4, 0.5) is 11.9 Å². The van der Waals surface area contributed by atoms with Gasteiger partial charge in [0.2, 0.25) is 11.9 Å². The van der Waals surface area contributed by atoms with Crippen molar-refractivity contribution in [2.45, 2.75) is 26.7 Å². The van der Waals surface area contributed by atoms with Gasteiger partial charge in [-0.3, -0.25) is 0 Å². The third-order valence-electron chi connectivity index (χ3n) is 3.34. The molecular weight excluding hydrogens is 348 g/mol. The average Bonchev–Trinajstić information content (AvgIpc) is 2.62. The van der Waals surface area contributed by atoms with Crippen LogP contribution in [-0.2, 0) is 0 Å². The summed E-state index contributed by atoms with van der Waals surface area (Å²) in [7, 11) is 0. The van der Waals surface area contributed by atoms with E-state index in [1.807, 2.05) is 37.3 Å².